The molecule has 0 aliphatic carbocycles. The third kappa shape index (κ3) is 2.60. The summed E-state index contributed by atoms with van der Waals surface area (Å²) in [6.07, 6.45) is 2.06. The zero-order chi connectivity index (χ0) is 13.9. The zero-order valence-corrected chi connectivity index (χ0v) is 11.5. The summed E-state index contributed by atoms with van der Waals surface area (Å²) in [4.78, 5) is 18.0. The maximum Gasteiger partial charge on any atom is 0.230 e. The number of pyridine rings is 1. The van der Waals surface area contributed by atoms with Crippen molar-refractivity contribution in [2.24, 2.45) is 0 Å². The summed E-state index contributed by atoms with van der Waals surface area (Å²) in [6, 6.07) is 11.2. The van der Waals surface area contributed by atoms with Gasteiger partial charge in [-0.1, -0.05) is 29.8 Å². The summed E-state index contributed by atoms with van der Waals surface area (Å²) in [5, 5.41) is 0.444. The summed E-state index contributed by atoms with van der Waals surface area (Å²) < 4.78 is 5.61. The summed E-state index contributed by atoms with van der Waals surface area (Å²) in [5.41, 5.74) is 1.73. The monoisotopic (exact) mass is 288 g/mol. The molecule has 2 aromatic rings. The molecule has 2 heterocycles. The maximum atomic E-state index is 12.2. The van der Waals surface area contributed by atoms with Crippen molar-refractivity contribution in [2.45, 2.75) is 13.0 Å². The van der Waals surface area contributed by atoms with Crippen molar-refractivity contribution in [3.05, 3.63) is 53.3 Å². The topological polar surface area (TPSA) is 42.4 Å². The number of amides is 1. The van der Waals surface area contributed by atoms with E-state index in [1.54, 1.807) is 17.2 Å². The van der Waals surface area contributed by atoms with Crippen LogP contribution < -0.4 is 9.64 Å². The Morgan fingerprint density at radius 3 is 2.90 bits per heavy atom. The van der Waals surface area contributed by atoms with Gasteiger partial charge in [-0.25, -0.2) is 4.98 Å². The van der Waals surface area contributed by atoms with Crippen LogP contribution in [-0.4, -0.2) is 17.5 Å². The molecule has 0 atom stereocenters. The largest absolute Gasteiger partial charge is 0.491 e. The van der Waals surface area contributed by atoms with Crippen LogP contribution in [0.1, 0.15) is 12.0 Å². The number of ether oxygens (including phenoxy) is 1. The van der Waals surface area contributed by atoms with Crippen LogP contribution in [0.25, 0.3) is 0 Å². The van der Waals surface area contributed by atoms with E-state index in [1.165, 1.54) is 0 Å². The molecule has 0 unspecified atom stereocenters. The molecule has 0 radical (unpaired) electrons. The number of fused-ring (bicyclic) bond motifs is 1. The number of carbonyl (C=O) groups excluding carboxylic acids is 1. The van der Waals surface area contributed by atoms with Crippen molar-refractivity contribution >= 4 is 23.2 Å². The average molecular weight is 289 g/mol. The Labute approximate surface area is 122 Å². The minimum atomic E-state index is 0.0462. The number of anilines is 1. The molecule has 0 N–H and O–H groups in total. The minimum absolute atomic E-state index is 0.0462. The number of aromatic nitrogens is 1. The van der Waals surface area contributed by atoms with Crippen molar-refractivity contribution in [3.8, 4) is 5.75 Å². The molecule has 0 saturated heterocycles. The molecule has 3 rings (SSSR count). The normalized spacial score (nSPS) is 14.4. The van der Waals surface area contributed by atoms with E-state index in [0.717, 1.165) is 17.0 Å². The Hall–Kier alpha value is -2.07. The Morgan fingerprint density at radius 1 is 1.25 bits per heavy atom. The average Bonchev–Trinajstić information content (AvgIpc) is 2.62. The fraction of sp³-hybridized carbons (Fsp3) is 0.200. The Morgan fingerprint density at radius 2 is 2.10 bits per heavy atom. The Balaban J connectivity index is 1.94. The second-order valence-electron chi connectivity index (χ2n) is 4.54. The molecule has 1 aromatic heterocycles. The molecule has 5 heteroatoms. The van der Waals surface area contributed by atoms with Crippen LogP contribution in [0.2, 0.25) is 5.15 Å². The number of nitrogens with zero attached hydrogens (tertiary/aromatic N) is 2. The number of carbonyl (C=O) groups is 1. The molecule has 1 amide bonds. The molecule has 102 valence electrons. The minimum Gasteiger partial charge on any atom is -0.491 e. The van der Waals surface area contributed by atoms with Crippen molar-refractivity contribution in [1.29, 1.82) is 0 Å². The van der Waals surface area contributed by atoms with Crippen LogP contribution in [0, 0.1) is 0 Å². The first-order valence-electron chi connectivity index (χ1n) is 6.36. The Bertz CT molecular complexity index is 628. The third-order valence-electron chi connectivity index (χ3n) is 3.16. The van der Waals surface area contributed by atoms with Crippen LogP contribution in [0.3, 0.4) is 0 Å². The molecule has 0 bridgehead atoms. The molecular formula is C15H13ClN2O2. The van der Waals surface area contributed by atoms with E-state index in [4.69, 9.17) is 16.3 Å². The van der Waals surface area contributed by atoms with Gasteiger partial charge in [0.25, 0.3) is 0 Å². The van der Waals surface area contributed by atoms with Crippen LogP contribution in [0.15, 0.2) is 42.6 Å². The van der Waals surface area contributed by atoms with Crippen LogP contribution in [0.5, 0.6) is 5.75 Å². The fourth-order valence-corrected chi connectivity index (χ4v) is 2.29. The van der Waals surface area contributed by atoms with Crippen molar-refractivity contribution < 1.29 is 9.53 Å². The predicted molar refractivity (Wildman–Crippen MR) is 77.0 cm³/mol. The highest BCUT2D eigenvalue weighted by molar-refractivity contribution is 6.29. The van der Waals surface area contributed by atoms with Crippen LogP contribution in [-0.2, 0) is 11.3 Å². The van der Waals surface area contributed by atoms with Gasteiger partial charge in [0, 0.05) is 6.20 Å². The zero-order valence-electron chi connectivity index (χ0n) is 10.8. The first-order chi connectivity index (χ1) is 9.74. The first-order valence-corrected chi connectivity index (χ1v) is 6.74. The van der Waals surface area contributed by atoms with Gasteiger partial charge in [0.1, 0.15) is 10.9 Å². The number of hydrogen-bond acceptors (Lipinski definition) is 3. The second-order valence-corrected chi connectivity index (χ2v) is 4.92. The fourth-order valence-electron chi connectivity index (χ4n) is 2.18. The summed E-state index contributed by atoms with van der Waals surface area (Å²) in [6.45, 7) is 0.870. The van der Waals surface area contributed by atoms with Gasteiger partial charge in [-0.15, -0.1) is 0 Å². The van der Waals surface area contributed by atoms with Gasteiger partial charge in [-0.2, -0.15) is 0 Å². The highest BCUT2D eigenvalue weighted by atomic mass is 35.5. The molecule has 1 aromatic carbocycles. The molecule has 0 saturated carbocycles. The van der Waals surface area contributed by atoms with E-state index >= 15 is 0 Å². The number of rotatable bonds is 2. The lowest BCUT2D eigenvalue weighted by atomic mass is 10.2. The number of benzene rings is 1. The molecule has 1 aliphatic heterocycles. The molecule has 1 aliphatic rings. The van der Waals surface area contributed by atoms with Gasteiger partial charge < -0.3 is 9.64 Å². The standard InChI is InChI=1S/C15H13ClN2O2/c16-14-6-5-11(9-17-14)10-18-12-3-1-2-4-13(12)20-8-7-15(18)19/h1-6,9H,7-8,10H2. The van der Waals surface area contributed by atoms with Gasteiger partial charge in [0.05, 0.1) is 25.3 Å². The second kappa shape index (κ2) is 5.51. The third-order valence-corrected chi connectivity index (χ3v) is 3.38. The van der Waals surface area contributed by atoms with E-state index in [1.807, 2.05) is 30.3 Å². The highest BCUT2D eigenvalue weighted by Gasteiger charge is 2.23. The van der Waals surface area contributed by atoms with Crippen LogP contribution in [0.4, 0.5) is 5.69 Å². The maximum absolute atomic E-state index is 12.2. The van der Waals surface area contributed by atoms with E-state index in [0.29, 0.717) is 24.7 Å². The smallest absolute Gasteiger partial charge is 0.230 e. The number of halogens is 1. The van der Waals surface area contributed by atoms with E-state index < -0.39 is 0 Å². The summed E-state index contributed by atoms with van der Waals surface area (Å²) in [7, 11) is 0. The SMILES string of the molecule is O=C1CCOc2ccccc2N1Cc1ccc(Cl)nc1. The molecular weight excluding hydrogens is 276 g/mol. The van der Waals surface area contributed by atoms with Gasteiger partial charge in [0.2, 0.25) is 5.91 Å². The number of hydrogen-bond donors (Lipinski definition) is 0. The van der Waals surface area contributed by atoms with Crippen LogP contribution >= 0.6 is 11.6 Å². The van der Waals surface area contributed by atoms with E-state index in [-0.39, 0.29) is 5.91 Å². The Kier molecular flexibility index (Phi) is 3.56. The quantitative estimate of drug-likeness (QED) is 0.798. The lowest BCUT2D eigenvalue weighted by Gasteiger charge is -2.21. The lowest BCUT2D eigenvalue weighted by Crippen LogP contribution is -2.29. The highest BCUT2D eigenvalue weighted by Crippen LogP contribution is 2.32. The molecule has 20 heavy (non-hydrogen) atoms. The molecule has 4 nitrogen and oxygen atoms in total. The molecule has 0 spiro atoms. The van der Waals surface area contributed by atoms with Gasteiger partial charge >= 0.3 is 0 Å². The van der Waals surface area contributed by atoms with E-state index in [2.05, 4.69) is 4.98 Å². The van der Waals surface area contributed by atoms with Crippen molar-refractivity contribution in [1.82, 2.24) is 4.98 Å². The van der Waals surface area contributed by atoms with Crippen molar-refractivity contribution in [3.63, 3.8) is 0 Å². The molecule has 0 fully saturated rings. The van der Waals surface area contributed by atoms with Gasteiger partial charge in [-0.05, 0) is 23.8 Å². The first kappa shape index (κ1) is 12.9. The summed E-state index contributed by atoms with van der Waals surface area (Å²) in [5.74, 6) is 0.783. The van der Waals surface area contributed by atoms with Gasteiger partial charge in [0.15, 0.2) is 0 Å². The van der Waals surface area contributed by atoms with Gasteiger partial charge in [-0.3, -0.25) is 4.79 Å². The van der Waals surface area contributed by atoms with Crippen molar-refractivity contribution in [2.75, 3.05) is 11.5 Å². The predicted octanol–water partition coefficient (Wildman–Crippen LogP) is 3.05. The number of para-hydroxylation sites is 2. The van der Waals surface area contributed by atoms with E-state index in [9.17, 15) is 4.79 Å². The lowest BCUT2D eigenvalue weighted by molar-refractivity contribution is -0.118. The summed E-state index contributed by atoms with van der Waals surface area (Å²) >= 11 is 5.78.